The van der Waals surface area contributed by atoms with E-state index in [0.29, 0.717) is 0 Å². The van der Waals surface area contributed by atoms with Gasteiger partial charge in [0, 0.05) is 11.6 Å². The van der Waals surface area contributed by atoms with Gasteiger partial charge in [0.25, 0.3) is 5.65 Å². The van der Waals surface area contributed by atoms with Crippen LogP contribution in [-0.2, 0) is 7.05 Å². The highest BCUT2D eigenvalue weighted by Gasteiger charge is 2.15. The summed E-state index contributed by atoms with van der Waals surface area (Å²) in [4.78, 5) is 0. The van der Waals surface area contributed by atoms with E-state index in [4.69, 9.17) is 16.3 Å². The summed E-state index contributed by atoms with van der Waals surface area (Å²) < 4.78 is 9.35. The van der Waals surface area contributed by atoms with Crippen LogP contribution in [0, 0.1) is 0 Å². The van der Waals surface area contributed by atoms with Gasteiger partial charge < -0.3 is 4.74 Å². The number of aromatic nitrogens is 2. The Labute approximate surface area is 116 Å². The number of benzene rings is 1. The van der Waals surface area contributed by atoms with Gasteiger partial charge in [-0.3, -0.25) is 0 Å². The van der Waals surface area contributed by atoms with E-state index in [-0.39, 0.29) is 0 Å². The van der Waals surface area contributed by atoms with E-state index < -0.39 is 0 Å². The van der Waals surface area contributed by atoms with Crippen LogP contribution in [0.25, 0.3) is 16.9 Å². The molecule has 0 aliphatic heterocycles. The normalized spacial score (nSPS) is 10.9. The molecule has 19 heavy (non-hydrogen) atoms. The van der Waals surface area contributed by atoms with E-state index in [2.05, 4.69) is 22.9 Å². The Kier molecular flexibility index (Phi) is 2.91. The lowest BCUT2D eigenvalue weighted by atomic mass is 10.1. The number of hydrogen-bond donors (Lipinski definition) is 0. The summed E-state index contributed by atoms with van der Waals surface area (Å²) in [6, 6.07) is 11.9. The zero-order chi connectivity index (χ0) is 13.4. The van der Waals surface area contributed by atoms with Crippen molar-refractivity contribution in [3.05, 3.63) is 53.8 Å². The first-order valence-corrected chi connectivity index (χ1v) is 6.37. The summed E-state index contributed by atoms with van der Waals surface area (Å²) >= 11 is 6.02. The minimum absolute atomic E-state index is 0.726. The fourth-order valence-corrected chi connectivity index (χ4v) is 2.41. The van der Waals surface area contributed by atoms with E-state index in [1.807, 2.05) is 41.9 Å². The zero-order valence-electron chi connectivity index (χ0n) is 10.8. The summed E-state index contributed by atoms with van der Waals surface area (Å²) in [5, 5.41) is 0.726. The number of ether oxygens (including phenoxy) is 1. The molecule has 0 radical (unpaired) electrons. The number of rotatable bonds is 2. The molecule has 0 fully saturated rings. The first-order valence-electron chi connectivity index (χ1n) is 6.00. The van der Waals surface area contributed by atoms with Gasteiger partial charge in [0.2, 0.25) is 0 Å². The van der Waals surface area contributed by atoms with Gasteiger partial charge in [-0.25, -0.2) is 8.97 Å². The van der Waals surface area contributed by atoms with Crippen molar-refractivity contribution >= 4 is 17.2 Å². The maximum absolute atomic E-state index is 6.02. The molecule has 3 rings (SSSR count). The van der Waals surface area contributed by atoms with Crippen molar-refractivity contribution in [3.8, 4) is 17.0 Å². The third-order valence-corrected chi connectivity index (χ3v) is 3.49. The van der Waals surface area contributed by atoms with Gasteiger partial charge >= 0.3 is 0 Å². The molecule has 0 N–H and O–H groups in total. The lowest BCUT2D eigenvalue weighted by Gasteiger charge is -2.00. The number of pyridine rings is 1. The Morgan fingerprint density at radius 2 is 1.79 bits per heavy atom. The summed E-state index contributed by atoms with van der Waals surface area (Å²) in [7, 11) is 3.71. The van der Waals surface area contributed by atoms with Crippen molar-refractivity contribution in [2.45, 2.75) is 0 Å². The fourth-order valence-electron chi connectivity index (χ4n) is 2.24. The highest BCUT2D eigenvalue weighted by atomic mass is 35.5. The van der Waals surface area contributed by atoms with E-state index in [9.17, 15) is 0 Å². The lowest BCUT2D eigenvalue weighted by molar-refractivity contribution is -0.510. The third kappa shape index (κ3) is 2.06. The number of methoxy groups -OCH3 is 1. The largest absolute Gasteiger partial charge is 0.497 e. The van der Waals surface area contributed by atoms with Crippen molar-refractivity contribution in [2.75, 3.05) is 7.11 Å². The molecule has 1 aromatic carbocycles. The molecule has 4 heteroatoms. The number of nitrogens with zero attached hydrogens (tertiary/aromatic N) is 2. The number of imidazole rings is 1. The summed E-state index contributed by atoms with van der Waals surface area (Å²) in [5.74, 6) is 0.859. The second kappa shape index (κ2) is 4.59. The molecule has 0 spiro atoms. The Morgan fingerprint density at radius 1 is 1.05 bits per heavy atom. The molecule has 2 aromatic heterocycles. The predicted octanol–water partition coefficient (Wildman–Crippen LogP) is 3.09. The summed E-state index contributed by atoms with van der Waals surface area (Å²) in [6.07, 6.45) is 3.98. The van der Waals surface area contributed by atoms with E-state index in [0.717, 1.165) is 27.7 Å². The molecule has 2 heterocycles. The quantitative estimate of drug-likeness (QED) is 0.656. The van der Waals surface area contributed by atoms with Crippen LogP contribution >= 0.6 is 11.6 Å². The maximum Gasteiger partial charge on any atom is 0.286 e. The van der Waals surface area contributed by atoms with E-state index in [1.54, 1.807) is 7.11 Å². The number of hydrogen-bond acceptors (Lipinski definition) is 1. The van der Waals surface area contributed by atoms with Gasteiger partial charge in [-0.15, -0.1) is 0 Å². The molecule has 3 aromatic rings. The van der Waals surface area contributed by atoms with E-state index >= 15 is 0 Å². The second-order valence-corrected chi connectivity index (χ2v) is 4.85. The molecule has 0 aliphatic carbocycles. The molecule has 96 valence electrons. The predicted molar refractivity (Wildman–Crippen MR) is 75.6 cm³/mol. The Balaban J connectivity index is 2.15. The molecular formula is C15H14ClN2O+. The van der Waals surface area contributed by atoms with Crippen LogP contribution in [0.3, 0.4) is 0 Å². The smallest absolute Gasteiger partial charge is 0.286 e. The van der Waals surface area contributed by atoms with Gasteiger partial charge in [-0.1, -0.05) is 11.6 Å². The van der Waals surface area contributed by atoms with Crippen LogP contribution in [0.2, 0.25) is 5.02 Å². The SMILES string of the molecule is COc1ccc(-c2c[n+]3cc(Cl)ccc3n2C)cc1. The lowest BCUT2D eigenvalue weighted by Crippen LogP contribution is -2.17. The highest BCUT2D eigenvalue weighted by molar-refractivity contribution is 6.30. The molecule has 0 saturated heterocycles. The van der Waals surface area contributed by atoms with Crippen LogP contribution in [-0.4, -0.2) is 11.7 Å². The number of fused-ring (bicyclic) bond motifs is 1. The van der Waals surface area contributed by atoms with Crippen LogP contribution in [0.15, 0.2) is 48.8 Å². The monoisotopic (exact) mass is 273 g/mol. The second-order valence-electron chi connectivity index (χ2n) is 4.41. The van der Waals surface area contributed by atoms with Crippen LogP contribution < -0.4 is 9.14 Å². The summed E-state index contributed by atoms with van der Waals surface area (Å²) in [6.45, 7) is 0. The van der Waals surface area contributed by atoms with Crippen LogP contribution in [0.1, 0.15) is 0 Å². The molecule has 0 unspecified atom stereocenters. The van der Waals surface area contributed by atoms with Crippen LogP contribution in [0.4, 0.5) is 0 Å². The van der Waals surface area contributed by atoms with Gasteiger partial charge in [0.1, 0.15) is 18.1 Å². The molecular weight excluding hydrogens is 260 g/mol. The number of aryl methyl sites for hydroxylation is 1. The Morgan fingerprint density at radius 3 is 2.47 bits per heavy atom. The topological polar surface area (TPSA) is 18.3 Å². The van der Waals surface area contributed by atoms with Gasteiger partial charge in [-0.2, -0.15) is 0 Å². The van der Waals surface area contributed by atoms with Gasteiger partial charge in [0.15, 0.2) is 5.69 Å². The average Bonchev–Trinajstić information content (AvgIpc) is 2.75. The maximum atomic E-state index is 6.02. The molecule has 0 atom stereocenters. The first-order chi connectivity index (χ1) is 9.19. The number of halogens is 1. The molecule has 0 saturated carbocycles. The molecule has 0 bridgehead atoms. The average molecular weight is 274 g/mol. The standard InChI is InChI=1S/C15H14ClN2O/c1-17-14(11-3-6-13(19-2)7-4-11)10-18-9-12(16)5-8-15(17)18/h3-10H,1-2H3/q+1. The zero-order valence-corrected chi connectivity index (χ0v) is 11.6. The first kappa shape index (κ1) is 12.1. The van der Waals surface area contributed by atoms with Gasteiger partial charge in [-0.05, 0) is 30.3 Å². The van der Waals surface area contributed by atoms with Crippen molar-refractivity contribution in [1.82, 2.24) is 4.57 Å². The van der Waals surface area contributed by atoms with Gasteiger partial charge in [0.05, 0.1) is 19.2 Å². The Hall–Kier alpha value is -2.00. The molecule has 0 amide bonds. The van der Waals surface area contributed by atoms with Crippen molar-refractivity contribution in [2.24, 2.45) is 7.05 Å². The third-order valence-electron chi connectivity index (χ3n) is 3.27. The highest BCUT2D eigenvalue weighted by Crippen LogP contribution is 2.22. The minimum Gasteiger partial charge on any atom is -0.497 e. The van der Waals surface area contributed by atoms with Crippen molar-refractivity contribution in [3.63, 3.8) is 0 Å². The minimum atomic E-state index is 0.726. The molecule has 0 aliphatic rings. The Bertz CT molecular complexity index is 732. The molecule has 3 nitrogen and oxygen atoms in total. The van der Waals surface area contributed by atoms with E-state index in [1.165, 1.54) is 0 Å². The summed E-state index contributed by atoms with van der Waals surface area (Å²) in [5.41, 5.74) is 3.36. The fraction of sp³-hybridized carbons (Fsp3) is 0.133. The van der Waals surface area contributed by atoms with Crippen molar-refractivity contribution in [1.29, 1.82) is 0 Å². The van der Waals surface area contributed by atoms with Crippen molar-refractivity contribution < 1.29 is 9.14 Å². The van der Waals surface area contributed by atoms with Crippen LogP contribution in [0.5, 0.6) is 5.75 Å².